The monoisotopic (exact) mass is 242 g/mol. The molecule has 94 valence electrons. The first-order valence-corrected chi connectivity index (χ1v) is 6.14. The van der Waals surface area contributed by atoms with Crippen molar-refractivity contribution < 1.29 is 4.79 Å². The number of rotatable bonds is 3. The highest BCUT2D eigenvalue weighted by atomic mass is 16.1. The number of nitrogens with zero attached hydrogens (tertiary/aromatic N) is 2. The van der Waals surface area contributed by atoms with Crippen LogP contribution in [0.3, 0.4) is 0 Å². The number of carbonyl (C=O) groups excluding carboxylic acids is 1. The molecule has 0 radical (unpaired) electrons. The van der Waals surface area contributed by atoms with Crippen LogP contribution in [0.1, 0.15) is 42.7 Å². The zero-order valence-corrected chi connectivity index (χ0v) is 11.3. The fourth-order valence-corrected chi connectivity index (χ4v) is 2.04. The zero-order valence-electron chi connectivity index (χ0n) is 11.3. The maximum Gasteiger partial charge on any atom is 0.159 e. The van der Waals surface area contributed by atoms with Gasteiger partial charge in [0, 0.05) is 24.4 Å². The van der Waals surface area contributed by atoms with Crippen LogP contribution in [0.4, 0.5) is 0 Å². The molecule has 0 unspecified atom stereocenters. The van der Waals surface area contributed by atoms with Crippen LogP contribution in [-0.4, -0.2) is 15.6 Å². The van der Waals surface area contributed by atoms with Gasteiger partial charge in [0.1, 0.15) is 0 Å². The molecule has 0 aliphatic rings. The van der Waals surface area contributed by atoms with Crippen LogP contribution in [0, 0.1) is 0 Å². The number of aryl methyl sites for hydroxylation is 1. The van der Waals surface area contributed by atoms with Crippen LogP contribution < -0.4 is 0 Å². The second kappa shape index (κ2) is 4.77. The fourth-order valence-electron chi connectivity index (χ4n) is 2.04. The summed E-state index contributed by atoms with van der Waals surface area (Å²) in [6.45, 7) is 5.85. The van der Waals surface area contributed by atoms with E-state index in [1.165, 1.54) is 0 Å². The Balaban J connectivity index is 2.45. The van der Waals surface area contributed by atoms with Crippen molar-refractivity contribution in [3.63, 3.8) is 0 Å². The first-order valence-electron chi connectivity index (χ1n) is 6.14. The maximum absolute atomic E-state index is 11.3. The van der Waals surface area contributed by atoms with Gasteiger partial charge in [0.05, 0.1) is 5.69 Å². The third-order valence-corrected chi connectivity index (χ3v) is 3.01. The molecule has 0 aliphatic carbocycles. The highest BCUT2D eigenvalue weighted by Crippen LogP contribution is 2.28. The lowest BCUT2D eigenvalue weighted by Crippen LogP contribution is -1.94. The molecule has 2 aromatic rings. The van der Waals surface area contributed by atoms with Gasteiger partial charge in [-0.1, -0.05) is 38.1 Å². The molecule has 0 bridgehead atoms. The molecule has 1 heterocycles. The average molecular weight is 242 g/mol. The summed E-state index contributed by atoms with van der Waals surface area (Å²) in [7, 11) is 1.93. The number of ketones is 1. The number of benzene rings is 1. The largest absolute Gasteiger partial charge is 0.295 e. The Morgan fingerprint density at radius 1 is 1.22 bits per heavy atom. The average Bonchev–Trinajstić information content (AvgIpc) is 2.71. The van der Waals surface area contributed by atoms with Gasteiger partial charge in [-0.2, -0.15) is 5.10 Å². The minimum absolute atomic E-state index is 0.0943. The highest BCUT2D eigenvalue weighted by molar-refractivity contribution is 5.94. The summed E-state index contributed by atoms with van der Waals surface area (Å²) in [5.41, 5.74) is 4.08. The van der Waals surface area contributed by atoms with Gasteiger partial charge >= 0.3 is 0 Å². The lowest BCUT2D eigenvalue weighted by atomic mass is 9.99. The van der Waals surface area contributed by atoms with Gasteiger partial charge in [0.2, 0.25) is 0 Å². The van der Waals surface area contributed by atoms with Crippen molar-refractivity contribution in [3.8, 4) is 11.1 Å². The number of hydrogen-bond acceptors (Lipinski definition) is 2. The van der Waals surface area contributed by atoms with E-state index in [-0.39, 0.29) is 5.78 Å². The molecule has 0 aliphatic heterocycles. The molecule has 0 fully saturated rings. The molecule has 0 amide bonds. The van der Waals surface area contributed by atoms with Gasteiger partial charge in [-0.3, -0.25) is 9.48 Å². The van der Waals surface area contributed by atoms with Crippen molar-refractivity contribution in [1.29, 1.82) is 0 Å². The van der Waals surface area contributed by atoms with E-state index in [2.05, 4.69) is 18.9 Å². The molecule has 0 N–H and O–H groups in total. The molecule has 3 heteroatoms. The summed E-state index contributed by atoms with van der Waals surface area (Å²) in [5.74, 6) is 0.477. The molecule has 0 spiro atoms. The summed E-state index contributed by atoms with van der Waals surface area (Å²) in [5, 5.41) is 4.49. The first kappa shape index (κ1) is 12.6. The number of Topliss-reactive ketones (excluding diaryl/α,β-unsaturated/α-hetero) is 1. The number of carbonyl (C=O) groups is 1. The third kappa shape index (κ3) is 2.35. The Morgan fingerprint density at radius 3 is 2.33 bits per heavy atom. The van der Waals surface area contributed by atoms with E-state index in [4.69, 9.17) is 0 Å². The lowest BCUT2D eigenvalue weighted by molar-refractivity contribution is 0.101. The summed E-state index contributed by atoms with van der Waals surface area (Å²) in [6.07, 6.45) is 2.03. The second-order valence-corrected chi connectivity index (χ2v) is 4.89. The molecule has 1 aromatic heterocycles. The molecule has 0 saturated carbocycles. The summed E-state index contributed by atoms with van der Waals surface area (Å²) in [4.78, 5) is 11.3. The van der Waals surface area contributed by atoms with Gasteiger partial charge in [-0.15, -0.1) is 0 Å². The Labute approximate surface area is 107 Å². The minimum Gasteiger partial charge on any atom is -0.295 e. The lowest BCUT2D eigenvalue weighted by Gasteiger charge is -2.05. The van der Waals surface area contributed by atoms with Gasteiger partial charge in [0.25, 0.3) is 0 Å². The van der Waals surface area contributed by atoms with Crippen molar-refractivity contribution in [2.45, 2.75) is 26.7 Å². The van der Waals surface area contributed by atoms with Crippen LogP contribution in [-0.2, 0) is 7.05 Å². The predicted molar refractivity (Wildman–Crippen MR) is 72.7 cm³/mol. The van der Waals surface area contributed by atoms with E-state index in [0.717, 1.165) is 22.4 Å². The van der Waals surface area contributed by atoms with Crippen LogP contribution in [0.5, 0.6) is 0 Å². The molecular weight excluding hydrogens is 224 g/mol. The van der Waals surface area contributed by atoms with Crippen molar-refractivity contribution in [2.75, 3.05) is 0 Å². The standard InChI is InChI=1S/C15H18N2O/c1-10(2)15-14(9-17(4)16-15)13-7-5-12(6-8-13)11(3)18/h5-10H,1-4H3. The third-order valence-electron chi connectivity index (χ3n) is 3.01. The molecule has 3 nitrogen and oxygen atoms in total. The van der Waals surface area contributed by atoms with Crippen LogP contribution in [0.25, 0.3) is 11.1 Å². The van der Waals surface area contributed by atoms with Crippen molar-refractivity contribution >= 4 is 5.78 Å². The van der Waals surface area contributed by atoms with E-state index in [1.54, 1.807) is 6.92 Å². The SMILES string of the molecule is CC(=O)c1ccc(-c2cn(C)nc2C(C)C)cc1. The van der Waals surface area contributed by atoms with Gasteiger partial charge in [-0.25, -0.2) is 0 Å². The predicted octanol–water partition coefficient (Wildman–Crippen LogP) is 3.41. The number of aromatic nitrogens is 2. The van der Waals surface area contributed by atoms with E-state index in [1.807, 2.05) is 42.2 Å². The van der Waals surface area contributed by atoms with Crippen molar-refractivity contribution in [1.82, 2.24) is 9.78 Å². The molecule has 2 rings (SSSR count). The maximum atomic E-state index is 11.3. The summed E-state index contributed by atoms with van der Waals surface area (Å²) < 4.78 is 1.84. The van der Waals surface area contributed by atoms with Crippen LogP contribution in [0.2, 0.25) is 0 Å². The molecule has 1 aromatic carbocycles. The summed E-state index contributed by atoms with van der Waals surface area (Å²) in [6, 6.07) is 7.71. The van der Waals surface area contributed by atoms with Gasteiger partial charge in [-0.05, 0) is 18.4 Å². The Bertz CT molecular complexity index is 565. The van der Waals surface area contributed by atoms with E-state index < -0.39 is 0 Å². The highest BCUT2D eigenvalue weighted by Gasteiger charge is 2.13. The Kier molecular flexibility index (Phi) is 3.32. The fraction of sp³-hybridized carbons (Fsp3) is 0.333. The summed E-state index contributed by atoms with van der Waals surface area (Å²) >= 11 is 0. The minimum atomic E-state index is 0.0943. The normalized spacial score (nSPS) is 10.9. The van der Waals surface area contributed by atoms with Crippen molar-refractivity contribution in [3.05, 3.63) is 41.7 Å². The molecule has 18 heavy (non-hydrogen) atoms. The Hall–Kier alpha value is -1.90. The topological polar surface area (TPSA) is 34.9 Å². The molecule has 0 saturated heterocycles. The van der Waals surface area contributed by atoms with Crippen LogP contribution >= 0.6 is 0 Å². The van der Waals surface area contributed by atoms with Crippen LogP contribution in [0.15, 0.2) is 30.5 Å². The van der Waals surface area contributed by atoms with Gasteiger partial charge in [0.15, 0.2) is 5.78 Å². The first-order chi connectivity index (χ1) is 8.49. The van der Waals surface area contributed by atoms with Gasteiger partial charge < -0.3 is 0 Å². The smallest absolute Gasteiger partial charge is 0.159 e. The second-order valence-electron chi connectivity index (χ2n) is 4.89. The zero-order chi connectivity index (χ0) is 13.3. The van der Waals surface area contributed by atoms with E-state index in [9.17, 15) is 4.79 Å². The Morgan fingerprint density at radius 2 is 1.83 bits per heavy atom. The van der Waals surface area contributed by atoms with Crippen molar-refractivity contribution in [2.24, 2.45) is 7.05 Å². The van der Waals surface area contributed by atoms with E-state index in [0.29, 0.717) is 5.92 Å². The van der Waals surface area contributed by atoms with E-state index >= 15 is 0 Å². The molecule has 0 atom stereocenters. The quantitative estimate of drug-likeness (QED) is 0.773. The number of hydrogen-bond donors (Lipinski definition) is 0. The molecular formula is C15H18N2O.